The van der Waals surface area contributed by atoms with Crippen LogP contribution in [-0.2, 0) is 0 Å². The number of thiocarbonyl (C=S) groups is 1. The molecule has 2 aromatic carbocycles. The van der Waals surface area contributed by atoms with E-state index in [4.69, 9.17) is 12.2 Å². The summed E-state index contributed by atoms with van der Waals surface area (Å²) in [4.78, 5) is 1.24. The molecule has 1 aromatic heterocycles. The Morgan fingerprint density at radius 3 is 2.50 bits per heavy atom. The van der Waals surface area contributed by atoms with Gasteiger partial charge in [0, 0.05) is 10.6 Å². The second-order valence-corrected chi connectivity index (χ2v) is 7.16. The van der Waals surface area contributed by atoms with Crippen LogP contribution in [0.2, 0.25) is 0 Å². The molecule has 1 atom stereocenters. The molecule has 122 valence electrons. The fourth-order valence-corrected chi connectivity index (χ4v) is 3.61. The zero-order valence-electron chi connectivity index (χ0n) is 13.7. The van der Waals surface area contributed by atoms with Crippen LogP contribution in [0.15, 0.2) is 66.0 Å². The molecule has 2 nitrogen and oxygen atoms in total. The van der Waals surface area contributed by atoms with Crippen LogP contribution in [0.25, 0.3) is 0 Å². The van der Waals surface area contributed by atoms with Crippen LogP contribution < -0.4 is 10.6 Å². The quantitative estimate of drug-likeness (QED) is 0.611. The molecule has 0 aliphatic carbocycles. The number of hydrogen-bond acceptors (Lipinski definition) is 2. The molecule has 0 saturated carbocycles. The molecule has 2 N–H and O–H groups in total. The first-order valence-corrected chi connectivity index (χ1v) is 9.15. The van der Waals surface area contributed by atoms with E-state index < -0.39 is 0 Å². The predicted octanol–water partition coefficient (Wildman–Crippen LogP) is 5.44. The summed E-state index contributed by atoms with van der Waals surface area (Å²) in [5.74, 6) is 0. The van der Waals surface area contributed by atoms with Gasteiger partial charge < -0.3 is 10.6 Å². The van der Waals surface area contributed by atoms with Gasteiger partial charge in [0.15, 0.2) is 5.11 Å². The molecule has 0 fully saturated rings. The summed E-state index contributed by atoms with van der Waals surface area (Å²) in [5.41, 5.74) is 4.64. The Morgan fingerprint density at radius 1 is 1.00 bits per heavy atom. The molecule has 0 spiro atoms. The van der Waals surface area contributed by atoms with Gasteiger partial charge in [-0.15, -0.1) is 11.3 Å². The van der Waals surface area contributed by atoms with E-state index in [1.165, 1.54) is 21.6 Å². The lowest BCUT2D eigenvalue weighted by molar-refractivity contribution is 0.784. The summed E-state index contributed by atoms with van der Waals surface area (Å²) >= 11 is 7.30. The minimum atomic E-state index is 0.0521. The number of thiophene rings is 1. The van der Waals surface area contributed by atoms with Crippen LogP contribution in [0.5, 0.6) is 0 Å². The largest absolute Gasteiger partial charge is 0.351 e. The van der Waals surface area contributed by atoms with Crippen molar-refractivity contribution in [2.75, 3.05) is 5.32 Å². The van der Waals surface area contributed by atoms with Gasteiger partial charge in [0.25, 0.3) is 0 Å². The van der Waals surface area contributed by atoms with Crippen LogP contribution in [0.4, 0.5) is 5.69 Å². The lowest BCUT2D eigenvalue weighted by Gasteiger charge is -2.21. The van der Waals surface area contributed by atoms with Crippen LogP contribution >= 0.6 is 23.6 Å². The van der Waals surface area contributed by atoms with Crippen LogP contribution in [0.1, 0.15) is 27.6 Å². The Bertz CT molecular complexity index is 811. The van der Waals surface area contributed by atoms with Crippen molar-refractivity contribution in [3.05, 3.63) is 87.6 Å². The van der Waals surface area contributed by atoms with Gasteiger partial charge >= 0.3 is 0 Å². The van der Waals surface area contributed by atoms with E-state index in [1.54, 1.807) is 11.3 Å². The Labute approximate surface area is 152 Å². The van der Waals surface area contributed by atoms with Crippen molar-refractivity contribution in [3.8, 4) is 0 Å². The first kappa shape index (κ1) is 16.7. The maximum atomic E-state index is 5.57. The highest BCUT2D eigenvalue weighted by atomic mass is 32.1. The van der Waals surface area contributed by atoms with Gasteiger partial charge in [-0.3, -0.25) is 0 Å². The third-order valence-corrected chi connectivity index (χ3v) is 5.03. The first-order chi connectivity index (χ1) is 11.6. The second kappa shape index (κ2) is 7.60. The molecule has 1 heterocycles. The number of benzene rings is 2. The smallest absolute Gasteiger partial charge is 0.171 e. The van der Waals surface area contributed by atoms with Gasteiger partial charge in [-0.2, -0.15) is 0 Å². The second-order valence-electron chi connectivity index (χ2n) is 5.78. The molecule has 0 radical (unpaired) electrons. The predicted molar refractivity (Wildman–Crippen MR) is 108 cm³/mol. The lowest BCUT2D eigenvalue weighted by atomic mass is 10.1. The van der Waals surface area contributed by atoms with Crippen LogP contribution in [0, 0.1) is 13.8 Å². The Hall–Kier alpha value is -2.17. The van der Waals surface area contributed by atoms with E-state index in [2.05, 4.69) is 84.5 Å². The maximum absolute atomic E-state index is 5.57. The van der Waals surface area contributed by atoms with Gasteiger partial charge in [-0.05, 0) is 60.3 Å². The maximum Gasteiger partial charge on any atom is 0.171 e. The van der Waals surface area contributed by atoms with E-state index >= 15 is 0 Å². The van der Waals surface area contributed by atoms with Crippen molar-refractivity contribution in [3.63, 3.8) is 0 Å². The third-order valence-electron chi connectivity index (χ3n) is 3.88. The zero-order valence-corrected chi connectivity index (χ0v) is 15.4. The minimum Gasteiger partial charge on any atom is -0.351 e. The summed E-state index contributed by atoms with van der Waals surface area (Å²) in [7, 11) is 0. The van der Waals surface area contributed by atoms with Crippen LogP contribution in [0.3, 0.4) is 0 Å². The standard InChI is InChI=1S/C20H20N2S2/c1-14-10-11-15(2)17(13-14)21-20(23)22-19(18-9-6-12-24-18)16-7-4-3-5-8-16/h3-13,19H,1-2H3,(H2,21,22,23)/t19-/m0/s1. The summed E-state index contributed by atoms with van der Waals surface area (Å²) in [6.45, 7) is 4.16. The molecular weight excluding hydrogens is 332 g/mol. The Balaban J connectivity index is 1.80. The third kappa shape index (κ3) is 4.02. The number of nitrogens with one attached hydrogen (secondary N) is 2. The topological polar surface area (TPSA) is 24.1 Å². The molecule has 0 aliphatic rings. The van der Waals surface area contributed by atoms with E-state index in [-0.39, 0.29) is 6.04 Å². The first-order valence-electron chi connectivity index (χ1n) is 7.86. The SMILES string of the molecule is Cc1ccc(C)c(NC(=S)N[C@@H](c2ccccc2)c2cccs2)c1. The Morgan fingerprint density at radius 2 is 1.79 bits per heavy atom. The molecule has 3 rings (SSSR count). The molecule has 24 heavy (non-hydrogen) atoms. The highest BCUT2D eigenvalue weighted by Crippen LogP contribution is 2.26. The number of rotatable bonds is 4. The highest BCUT2D eigenvalue weighted by Gasteiger charge is 2.16. The van der Waals surface area contributed by atoms with Crippen molar-refractivity contribution in [1.29, 1.82) is 0 Å². The lowest BCUT2D eigenvalue weighted by Crippen LogP contribution is -2.32. The van der Waals surface area contributed by atoms with Crippen molar-refractivity contribution >= 4 is 34.4 Å². The van der Waals surface area contributed by atoms with Crippen molar-refractivity contribution in [2.24, 2.45) is 0 Å². The summed E-state index contributed by atoms with van der Waals surface area (Å²) in [6, 6.07) is 21.0. The van der Waals surface area contributed by atoms with Gasteiger partial charge in [0.2, 0.25) is 0 Å². The van der Waals surface area contributed by atoms with E-state index in [0.717, 1.165) is 5.69 Å². The Kier molecular flexibility index (Phi) is 5.28. The molecule has 4 heteroatoms. The summed E-state index contributed by atoms with van der Waals surface area (Å²) in [6.07, 6.45) is 0. The molecule has 0 saturated heterocycles. The molecule has 0 bridgehead atoms. The van der Waals surface area contributed by atoms with Crippen molar-refractivity contribution < 1.29 is 0 Å². The van der Waals surface area contributed by atoms with E-state index in [0.29, 0.717) is 5.11 Å². The van der Waals surface area contributed by atoms with Gasteiger partial charge in [0.05, 0.1) is 6.04 Å². The van der Waals surface area contributed by atoms with E-state index in [9.17, 15) is 0 Å². The van der Waals surface area contributed by atoms with Crippen molar-refractivity contribution in [2.45, 2.75) is 19.9 Å². The van der Waals surface area contributed by atoms with Gasteiger partial charge in [-0.25, -0.2) is 0 Å². The number of hydrogen-bond donors (Lipinski definition) is 2. The molecular formula is C20H20N2S2. The summed E-state index contributed by atoms with van der Waals surface area (Å²) in [5, 5.41) is 9.52. The molecule has 0 unspecified atom stereocenters. The fourth-order valence-electron chi connectivity index (χ4n) is 2.58. The highest BCUT2D eigenvalue weighted by molar-refractivity contribution is 7.80. The fraction of sp³-hybridized carbons (Fsp3) is 0.150. The normalized spacial score (nSPS) is 11.8. The zero-order chi connectivity index (χ0) is 16.9. The average molecular weight is 353 g/mol. The monoisotopic (exact) mass is 352 g/mol. The molecule has 0 aliphatic heterocycles. The molecule has 3 aromatic rings. The van der Waals surface area contributed by atoms with Gasteiger partial charge in [-0.1, -0.05) is 48.5 Å². The molecule has 0 amide bonds. The van der Waals surface area contributed by atoms with E-state index in [1.807, 2.05) is 6.07 Å². The van der Waals surface area contributed by atoms with Crippen LogP contribution in [-0.4, -0.2) is 5.11 Å². The van der Waals surface area contributed by atoms with Crippen molar-refractivity contribution in [1.82, 2.24) is 5.32 Å². The average Bonchev–Trinajstić information content (AvgIpc) is 3.11. The van der Waals surface area contributed by atoms with Gasteiger partial charge in [0.1, 0.15) is 0 Å². The number of anilines is 1. The summed E-state index contributed by atoms with van der Waals surface area (Å²) < 4.78 is 0. The number of aryl methyl sites for hydroxylation is 2. The minimum absolute atomic E-state index is 0.0521.